The summed E-state index contributed by atoms with van der Waals surface area (Å²) in [6.45, 7) is 0. The van der Waals surface area contributed by atoms with Crippen LogP contribution in [-0.4, -0.2) is 17.0 Å². The van der Waals surface area contributed by atoms with Crippen molar-refractivity contribution in [1.82, 2.24) is 15.0 Å². The zero-order valence-corrected chi connectivity index (χ0v) is 12.6. The molecule has 1 N–H and O–H groups in total. The van der Waals surface area contributed by atoms with Gasteiger partial charge >= 0.3 is 0 Å². The molecule has 0 aliphatic heterocycles. The van der Waals surface area contributed by atoms with Crippen molar-refractivity contribution in [2.24, 2.45) is 0 Å². The molecule has 0 unspecified atom stereocenters. The van der Waals surface area contributed by atoms with Gasteiger partial charge in [0.15, 0.2) is 5.56 Å². The number of nitrogens with one attached hydrogen (secondary N) is 1. The van der Waals surface area contributed by atoms with Gasteiger partial charge in [0.1, 0.15) is 5.95 Å². The molecule has 0 saturated carbocycles. The third-order valence-corrected chi connectivity index (χ3v) is 2.65. The fourth-order valence-electron chi connectivity index (χ4n) is 1.83. The molecule has 1 aromatic carbocycles. The molecule has 0 aliphatic rings. The van der Waals surface area contributed by atoms with Crippen LogP contribution in [0.2, 0.25) is 0 Å². The number of fused-ring (bicyclic) bond motifs is 3. The van der Waals surface area contributed by atoms with Crippen molar-refractivity contribution in [3.63, 3.8) is 0 Å². The van der Waals surface area contributed by atoms with E-state index in [0.29, 0.717) is 17.0 Å². The smallest absolute Gasteiger partial charge is 0.178 e. The van der Waals surface area contributed by atoms with Crippen molar-refractivity contribution in [3.05, 3.63) is 40.8 Å². The summed E-state index contributed by atoms with van der Waals surface area (Å²) in [6, 6.07) is 7.34. The Morgan fingerprint density at radius 1 is 1.17 bits per heavy atom. The standard InChI is InChI=1S/C12H10N4O.Y/c1-13-12-14-6-9-7-4-2-3-5-8(7)11(17)15-10(9)16-12;/h2-6H,1H3,(H2,13,14,15,16,17);/p-1. The van der Waals surface area contributed by atoms with Crippen LogP contribution in [0.3, 0.4) is 0 Å². The number of benzene rings is 1. The Labute approximate surface area is 128 Å². The summed E-state index contributed by atoms with van der Waals surface area (Å²) >= 11 is 0. The average Bonchev–Trinajstić information content (AvgIpc) is 2.38. The largest absolute Gasteiger partial charge is 0.405 e. The van der Waals surface area contributed by atoms with E-state index in [-0.39, 0.29) is 38.3 Å². The predicted octanol–water partition coefficient (Wildman–Crippen LogP) is 1.14. The molecule has 0 fully saturated rings. The summed E-state index contributed by atoms with van der Waals surface area (Å²) in [4.78, 5) is 24.1. The topological polar surface area (TPSA) is 69.0 Å². The van der Waals surface area contributed by atoms with Gasteiger partial charge in [0.2, 0.25) is 0 Å². The Morgan fingerprint density at radius 3 is 2.61 bits per heavy atom. The fourth-order valence-corrected chi connectivity index (χ4v) is 1.83. The van der Waals surface area contributed by atoms with Gasteiger partial charge < -0.3 is 15.3 Å². The van der Waals surface area contributed by atoms with E-state index < -0.39 is 0 Å². The van der Waals surface area contributed by atoms with Gasteiger partial charge in [-0.05, 0) is 16.4 Å². The fraction of sp³-hybridized carbons (Fsp3) is 0.0833. The number of nitrogens with zero attached hydrogens (tertiary/aromatic N) is 3. The quantitative estimate of drug-likeness (QED) is 0.682. The molecule has 0 saturated heterocycles. The summed E-state index contributed by atoms with van der Waals surface area (Å²) in [6.07, 6.45) is 1.68. The minimum atomic E-state index is -0.256. The molecule has 87 valence electrons. The first-order chi connectivity index (χ1) is 8.29. The van der Waals surface area contributed by atoms with Crippen molar-refractivity contribution in [1.29, 1.82) is 0 Å². The normalized spacial score (nSPS) is 10.3. The van der Waals surface area contributed by atoms with Crippen molar-refractivity contribution in [3.8, 4) is 0 Å². The number of hydrogen-bond acceptors (Lipinski definition) is 4. The molecule has 0 atom stereocenters. The second-order valence-corrected chi connectivity index (χ2v) is 3.64. The van der Waals surface area contributed by atoms with Crippen molar-refractivity contribution in [2.45, 2.75) is 0 Å². The van der Waals surface area contributed by atoms with Crippen LogP contribution in [0, 0.1) is 0 Å². The summed E-state index contributed by atoms with van der Waals surface area (Å²) in [5.41, 5.74) is 0.168. The van der Waals surface area contributed by atoms with Crippen LogP contribution in [0.4, 0.5) is 5.95 Å². The first-order valence-corrected chi connectivity index (χ1v) is 5.20. The second kappa shape index (κ2) is 5.12. The van der Waals surface area contributed by atoms with Crippen molar-refractivity contribution < 1.29 is 32.7 Å². The van der Waals surface area contributed by atoms with Crippen LogP contribution in [0.25, 0.3) is 21.8 Å². The van der Waals surface area contributed by atoms with Gasteiger partial charge in [0.25, 0.3) is 0 Å². The van der Waals surface area contributed by atoms with Crippen LogP contribution in [0.5, 0.6) is 0 Å². The zero-order chi connectivity index (χ0) is 11.8. The van der Waals surface area contributed by atoms with Gasteiger partial charge in [0.05, 0.1) is 0 Å². The van der Waals surface area contributed by atoms with E-state index in [1.807, 2.05) is 18.2 Å². The van der Waals surface area contributed by atoms with Crippen molar-refractivity contribution >= 4 is 27.8 Å². The second-order valence-electron chi connectivity index (χ2n) is 3.64. The van der Waals surface area contributed by atoms with Gasteiger partial charge in [-0.1, -0.05) is 24.3 Å². The molecule has 0 spiro atoms. The zero-order valence-electron chi connectivity index (χ0n) is 9.71. The van der Waals surface area contributed by atoms with Gasteiger partial charge in [-0.15, -0.1) is 0 Å². The monoisotopic (exact) mass is 314 g/mol. The molecule has 5 nitrogen and oxygen atoms in total. The first kappa shape index (κ1) is 13.1. The number of rotatable bonds is 1. The van der Waals surface area contributed by atoms with E-state index in [1.165, 1.54) is 0 Å². The molecule has 0 aliphatic carbocycles. The summed E-state index contributed by atoms with van der Waals surface area (Å²) in [5, 5.41) is 5.05. The van der Waals surface area contributed by atoms with E-state index in [0.717, 1.165) is 10.8 Å². The van der Waals surface area contributed by atoms with Crippen LogP contribution in [-0.2, 0) is 32.7 Å². The molecule has 0 bridgehead atoms. The molecule has 3 rings (SSSR count). The Kier molecular flexibility index (Phi) is 3.73. The van der Waals surface area contributed by atoms with Crippen LogP contribution < -0.4 is 15.9 Å². The summed E-state index contributed by atoms with van der Waals surface area (Å²) in [7, 11) is 1.72. The maximum Gasteiger partial charge on any atom is 0.178 e. The number of pyridine rings is 1. The maximum absolute atomic E-state index is 11.8. The van der Waals surface area contributed by atoms with Gasteiger partial charge in [0, 0.05) is 51.3 Å². The average molecular weight is 314 g/mol. The van der Waals surface area contributed by atoms with Crippen molar-refractivity contribution in [2.75, 3.05) is 12.4 Å². The SMILES string of the molecule is CNc1ncc2c(n1)[n-]c(=O)c1ccccc12.[Y]. The van der Waals surface area contributed by atoms with E-state index >= 15 is 0 Å². The minimum absolute atomic E-state index is 0. The van der Waals surface area contributed by atoms with Gasteiger partial charge in [-0.25, -0.2) is 4.98 Å². The molecule has 2 heterocycles. The summed E-state index contributed by atoms with van der Waals surface area (Å²) in [5.74, 6) is 0.458. The first-order valence-electron chi connectivity index (χ1n) is 5.20. The van der Waals surface area contributed by atoms with Crippen LogP contribution in [0.1, 0.15) is 0 Å². The molecule has 1 radical (unpaired) electrons. The van der Waals surface area contributed by atoms with Crippen LogP contribution >= 0.6 is 0 Å². The third kappa shape index (κ3) is 2.04. The number of aromatic nitrogens is 3. The third-order valence-electron chi connectivity index (χ3n) is 2.65. The number of hydrogen-bond donors (Lipinski definition) is 1. The predicted molar refractivity (Wildman–Crippen MR) is 66.2 cm³/mol. The number of anilines is 1. The molecule has 3 aromatic rings. The molecule has 2 aromatic heterocycles. The molecule has 6 heteroatoms. The Morgan fingerprint density at radius 2 is 1.89 bits per heavy atom. The van der Waals surface area contributed by atoms with Gasteiger partial charge in [-0.2, -0.15) is 0 Å². The molecular formula is C12H9N4OY-. The molecule has 18 heavy (non-hydrogen) atoms. The van der Waals surface area contributed by atoms with Crippen LogP contribution in [0.15, 0.2) is 35.3 Å². The Bertz CT molecular complexity index is 769. The Balaban J connectivity index is 0.00000120. The van der Waals surface area contributed by atoms with E-state index in [4.69, 9.17) is 0 Å². The minimum Gasteiger partial charge on any atom is -0.405 e. The molecular weight excluding hydrogens is 305 g/mol. The van der Waals surface area contributed by atoms with Gasteiger partial charge in [-0.3, -0.25) is 4.79 Å². The van der Waals surface area contributed by atoms with E-state index in [9.17, 15) is 4.79 Å². The maximum atomic E-state index is 11.8. The van der Waals surface area contributed by atoms with E-state index in [1.54, 1.807) is 19.3 Å². The van der Waals surface area contributed by atoms with E-state index in [2.05, 4.69) is 20.3 Å². The molecule has 0 amide bonds. The summed E-state index contributed by atoms with van der Waals surface area (Å²) < 4.78 is 0. The Hall–Kier alpha value is -1.33.